The highest BCUT2D eigenvalue weighted by molar-refractivity contribution is 7.99. The van der Waals surface area contributed by atoms with Crippen LogP contribution in [0.25, 0.3) is 0 Å². The van der Waals surface area contributed by atoms with Crippen LogP contribution in [-0.4, -0.2) is 30.8 Å². The Bertz CT molecular complexity index is 734. The van der Waals surface area contributed by atoms with Crippen LogP contribution in [0.3, 0.4) is 0 Å². The maximum atomic E-state index is 12.1. The van der Waals surface area contributed by atoms with E-state index in [2.05, 4.69) is 5.32 Å². The molecule has 2 aromatic carbocycles. The van der Waals surface area contributed by atoms with Crippen LogP contribution < -0.4 is 10.1 Å². The molecule has 0 aliphatic carbocycles. The Morgan fingerprint density at radius 1 is 1.12 bits per heavy atom. The van der Waals surface area contributed by atoms with Crippen LogP contribution in [0.4, 0.5) is 5.69 Å². The van der Waals surface area contributed by atoms with Gasteiger partial charge in [0.1, 0.15) is 5.75 Å². The summed E-state index contributed by atoms with van der Waals surface area (Å²) in [5.74, 6) is 0.464. The molecule has 0 aliphatic heterocycles. The Kier molecular flexibility index (Phi) is 7.81. The van der Waals surface area contributed by atoms with Gasteiger partial charge in [-0.25, -0.2) is 0 Å². The van der Waals surface area contributed by atoms with E-state index in [4.69, 9.17) is 21.1 Å². The number of esters is 1. The highest BCUT2D eigenvalue weighted by Gasteiger charge is 2.17. The highest BCUT2D eigenvalue weighted by atomic mass is 35.5. The van der Waals surface area contributed by atoms with Crippen molar-refractivity contribution in [3.63, 3.8) is 0 Å². The number of carbonyl (C=O) groups excluding carboxylic acids is 2. The summed E-state index contributed by atoms with van der Waals surface area (Å²) in [6.07, 6.45) is -0.655. The summed E-state index contributed by atoms with van der Waals surface area (Å²) in [5.41, 5.74) is 0.608. The first-order valence-electron chi connectivity index (χ1n) is 8.00. The number of nitrogens with one attached hydrogen (secondary N) is 1. The third-order valence-electron chi connectivity index (χ3n) is 3.42. The summed E-state index contributed by atoms with van der Waals surface area (Å²) in [6.45, 7) is 1.54. The molecule has 2 aromatic rings. The van der Waals surface area contributed by atoms with Crippen LogP contribution in [0.1, 0.15) is 13.3 Å². The van der Waals surface area contributed by atoms with Crippen LogP contribution in [-0.2, 0) is 14.3 Å². The van der Waals surface area contributed by atoms with Crippen LogP contribution in [0.5, 0.6) is 5.75 Å². The molecule has 0 aromatic heterocycles. The van der Waals surface area contributed by atoms with E-state index in [0.29, 0.717) is 22.2 Å². The molecule has 0 unspecified atom stereocenters. The van der Waals surface area contributed by atoms with Crippen LogP contribution in [0.2, 0.25) is 5.02 Å². The van der Waals surface area contributed by atoms with Gasteiger partial charge in [-0.1, -0.05) is 11.6 Å². The predicted octanol–water partition coefficient (Wildman–Crippen LogP) is 4.40. The topological polar surface area (TPSA) is 64.6 Å². The largest absolute Gasteiger partial charge is 0.497 e. The van der Waals surface area contributed by atoms with Gasteiger partial charge in [-0.2, -0.15) is 0 Å². The second-order valence-corrected chi connectivity index (χ2v) is 7.01. The molecule has 1 atom stereocenters. The fourth-order valence-corrected chi connectivity index (χ4v) is 2.97. The van der Waals surface area contributed by atoms with Crippen molar-refractivity contribution in [2.45, 2.75) is 24.3 Å². The number of halogens is 1. The molecule has 26 heavy (non-hydrogen) atoms. The molecule has 0 saturated heterocycles. The quantitative estimate of drug-likeness (QED) is 0.532. The fourth-order valence-electron chi connectivity index (χ4n) is 2.01. The molecular weight excluding hydrogens is 374 g/mol. The zero-order valence-corrected chi connectivity index (χ0v) is 16.1. The Morgan fingerprint density at radius 3 is 2.38 bits per heavy atom. The van der Waals surface area contributed by atoms with Gasteiger partial charge < -0.3 is 14.8 Å². The van der Waals surface area contributed by atoms with E-state index >= 15 is 0 Å². The van der Waals surface area contributed by atoms with Crippen molar-refractivity contribution >= 4 is 40.9 Å². The molecule has 0 spiro atoms. The van der Waals surface area contributed by atoms with Crippen molar-refractivity contribution in [3.05, 3.63) is 53.6 Å². The molecule has 0 bridgehead atoms. The molecule has 7 heteroatoms. The van der Waals surface area contributed by atoms with E-state index in [0.717, 1.165) is 4.90 Å². The van der Waals surface area contributed by atoms with Gasteiger partial charge in [-0.3, -0.25) is 9.59 Å². The van der Waals surface area contributed by atoms with Crippen molar-refractivity contribution in [2.75, 3.05) is 18.2 Å². The van der Waals surface area contributed by atoms with Gasteiger partial charge in [-0.05, 0) is 55.5 Å². The van der Waals surface area contributed by atoms with Crippen molar-refractivity contribution in [3.8, 4) is 5.75 Å². The van der Waals surface area contributed by atoms with Gasteiger partial charge in [0.2, 0.25) is 0 Å². The standard InChI is InChI=1S/C19H20ClNO4S/c1-13(19(23)21-15-5-7-16(24-2)8-6-15)25-18(22)11-12-26-17-9-3-14(20)4-10-17/h3-10,13H,11-12H2,1-2H3,(H,21,23)/t13-/m1/s1. The van der Waals surface area contributed by atoms with E-state index in [1.165, 1.54) is 11.8 Å². The van der Waals surface area contributed by atoms with E-state index < -0.39 is 12.1 Å². The minimum absolute atomic E-state index is 0.216. The average Bonchev–Trinajstić information content (AvgIpc) is 2.64. The van der Waals surface area contributed by atoms with Gasteiger partial charge in [-0.15, -0.1) is 11.8 Å². The van der Waals surface area contributed by atoms with Gasteiger partial charge in [0.15, 0.2) is 6.10 Å². The molecule has 0 radical (unpaired) electrons. The molecule has 1 amide bonds. The molecule has 0 aliphatic rings. The number of ether oxygens (including phenoxy) is 2. The number of carbonyl (C=O) groups is 2. The van der Waals surface area contributed by atoms with Crippen molar-refractivity contribution in [1.82, 2.24) is 0 Å². The Balaban J connectivity index is 1.72. The average molecular weight is 394 g/mol. The smallest absolute Gasteiger partial charge is 0.307 e. The monoisotopic (exact) mass is 393 g/mol. The molecule has 1 N–H and O–H groups in total. The Hall–Kier alpha value is -2.18. The van der Waals surface area contributed by atoms with Crippen LogP contribution >= 0.6 is 23.4 Å². The number of benzene rings is 2. The Labute approximate surface area is 162 Å². The van der Waals surface area contributed by atoms with E-state index in [1.54, 1.807) is 50.4 Å². The summed E-state index contributed by atoms with van der Waals surface area (Å²) in [5, 5.41) is 3.37. The van der Waals surface area contributed by atoms with Crippen LogP contribution in [0, 0.1) is 0 Å². The number of rotatable bonds is 8. The summed E-state index contributed by atoms with van der Waals surface area (Å²) in [6, 6.07) is 14.3. The van der Waals surface area contributed by atoms with Crippen molar-refractivity contribution in [1.29, 1.82) is 0 Å². The summed E-state index contributed by atoms with van der Waals surface area (Å²) in [7, 11) is 1.57. The maximum absolute atomic E-state index is 12.1. The minimum atomic E-state index is -0.870. The molecule has 0 saturated carbocycles. The van der Waals surface area contributed by atoms with Gasteiger partial charge >= 0.3 is 5.97 Å². The lowest BCUT2D eigenvalue weighted by Gasteiger charge is -2.13. The number of amides is 1. The number of hydrogen-bond donors (Lipinski definition) is 1. The third kappa shape index (κ3) is 6.61. The molecule has 5 nitrogen and oxygen atoms in total. The van der Waals surface area contributed by atoms with Crippen molar-refractivity contribution in [2.24, 2.45) is 0 Å². The zero-order chi connectivity index (χ0) is 18.9. The number of anilines is 1. The molecule has 0 heterocycles. The SMILES string of the molecule is COc1ccc(NC(=O)[C@@H](C)OC(=O)CCSc2ccc(Cl)cc2)cc1. The molecule has 2 rings (SSSR count). The van der Waals surface area contributed by atoms with E-state index in [-0.39, 0.29) is 12.3 Å². The summed E-state index contributed by atoms with van der Waals surface area (Å²) < 4.78 is 10.2. The zero-order valence-electron chi connectivity index (χ0n) is 14.5. The first-order chi connectivity index (χ1) is 12.5. The lowest BCUT2D eigenvalue weighted by molar-refractivity contribution is -0.152. The van der Waals surface area contributed by atoms with Gasteiger partial charge in [0, 0.05) is 21.4 Å². The Morgan fingerprint density at radius 2 is 1.77 bits per heavy atom. The molecular formula is C19H20ClNO4S. The van der Waals surface area contributed by atoms with Gasteiger partial charge in [0.05, 0.1) is 13.5 Å². The first kappa shape index (κ1) is 20.1. The normalized spacial score (nSPS) is 11.5. The van der Waals surface area contributed by atoms with Crippen LogP contribution in [0.15, 0.2) is 53.4 Å². The third-order valence-corrected chi connectivity index (χ3v) is 4.69. The second kappa shape index (κ2) is 10.1. The van der Waals surface area contributed by atoms with E-state index in [9.17, 15) is 9.59 Å². The lowest BCUT2D eigenvalue weighted by atomic mass is 10.3. The minimum Gasteiger partial charge on any atom is -0.497 e. The van der Waals surface area contributed by atoms with Crippen molar-refractivity contribution < 1.29 is 19.1 Å². The first-order valence-corrected chi connectivity index (χ1v) is 9.37. The summed E-state index contributed by atoms with van der Waals surface area (Å²) in [4.78, 5) is 25.0. The van der Waals surface area contributed by atoms with E-state index in [1.807, 2.05) is 12.1 Å². The highest BCUT2D eigenvalue weighted by Crippen LogP contribution is 2.21. The predicted molar refractivity (Wildman–Crippen MR) is 104 cm³/mol. The van der Waals surface area contributed by atoms with Gasteiger partial charge in [0.25, 0.3) is 5.91 Å². The maximum Gasteiger partial charge on any atom is 0.307 e. The number of thioether (sulfide) groups is 1. The summed E-state index contributed by atoms with van der Waals surface area (Å²) >= 11 is 7.36. The lowest BCUT2D eigenvalue weighted by Crippen LogP contribution is -2.30. The molecule has 138 valence electrons. The number of methoxy groups -OCH3 is 1. The fraction of sp³-hybridized carbons (Fsp3) is 0.263. The number of hydrogen-bond acceptors (Lipinski definition) is 5. The second-order valence-electron chi connectivity index (χ2n) is 5.40. The molecule has 0 fully saturated rings.